The summed E-state index contributed by atoms with van der Waals surface area (Å²) in [6, 6.07) is 0. The summed E-state index contributed by atoms with van der Waals surface area (Å²) >= 11 is 0. The lowest BCUT2D eigenvalue weighted by Gasteiger charge is -2.60. The number of rotatable bonds is 2. The fraction of sp³-hybridized carbons (Fsp3) is 0.727. The molecule has 3 fully saturated rings. The predicted molar refractivity (Wildman–Crippen MR) is 98.5 cm³/mol. The Bertz CT molecular complexity index is 757. The highest BCUT2D eigenvalue weighted by atomic mass is 19.1. The first kappa shape index (κ1) is 19.0. The fourth-order valence-electron chi connectivity index (χ4n) is 7.32. The Kier molecular flexibility index (Phi) is 4.11. The zero-order valence-electron chi connectivity index (χ0n) is 16.2. The summed E-state index contributed by atoms with van der Waals surface area (Å²) in [5.74, 6) is -0.465. The number of hydrogen-bond donors (Lipinski definition) is 2. The molecule has 5 heteroatoms. The summed E-state index contributed by atoms with van der Waals surface area (Å²) in [5, 5.41) is 22.3. The zero-order chi connectivity index (χ0) is 19.8. The van der Waals surface area contributed by atoms with Gasteiger partial charge in [-0.15, -0.1) is 0 Å². The van der Waals surface area contributed by atoms with Crippen molar-refractivity contribution in [1.29, 1.82) is 0 Å². The molecular weight excluding hydrogens is 347 g/mol. The van der Waals surface area contributed by atoms with Gasteiger partial charge < -0.3 is 10.2 Å². The van der Waals surface area contributed by atoms with Gasteiger partial charge in [-0.05, 0) is 55.6 Å². The number of aliphatic hydroxyl groups is 2. The van der Waals surface area contributed by atoms with Crippen LogP contribution in [0, 0.1) is 34.5 Å². The van der Waals surface area contributed by atoms with Crippen molar-refractivity contribution in [2.45, 2.75) is 58.2 Å². The number of carbonyl (C=O) groups excluding carboxylic acids is 2. The molecule has 0 saturated heterocycles. The number of carbonyl (C=O) groups is 2. The van der Waals surface area contributed by atoms with Crippen LogP contribution in [0.1, 0.15) is 46.5 Å². The number of ketones is 2. The Labute approximate surface area is 159 Å². The highest BCUT2D eigenvalue weighted by Crippen LogP contribution is 2.67. The molecule has 0 aliphatic heterocycles. The van der Waals surface area contributed by atoms with Crippen LogP contribution < -0.4 is 0 Å². The molecule has 0 amide bonds. The van der Waals surface area contributed by atoms with Crippen LogP contribution in [0.5, 0.6) is 0 Å². The van der Waals surface area contributed by atoms with E-state index in [2.05, 4.69) is 13.8 Å². The van der Waals surface area contributed by atoms with Crippen molar-refractivity contribution in [3.8, 4) is 0 Å². The minimum atomic E-state index is -1.70. The molecule has 0 radical (unpaired) electrons. The van der Waals surface area contributed by atoms with Gasteiger partial charge in [0.1, 0.15) is 5.60 Å². The van der Waals surface area contributed by atoms with Gasteiger partial charge in [-0.1, -0.05) is 32.4 Å². The summed E-state index contributed by atoms with van der Waals surface area (Å²) in [7, 11) is 0. The van der Waals surface area contributed by atoms with Crippen molar-refractivity contribution < 1.29 is 24.2 Å². The van der Waals surface area contributed by atoms with Crippen LogP contribution in [0.15, 0.2) is 23.8 Å². The van der Waals surface area contributed by atoms with Crippen LogP contribution in [-0.4, -0.2) is 40.2 Å². The number of alkyl halides is 1. The molecule has 4 nitrogen and oxygen atoms in total. The number of halogens is 1. The Morgan fingerprint density at radius 2 is 2.07 bits per heavy atom. The van der Waals surface area contributed by atoms with E-state index in [4.69, 9.17) is 0 Å². The van der Waals surface area contributed by atoms with E-state index in [1.165, 1.54) is 0 Å². The number of hydrogen-bond acceptors (Lipinski definition) is 4. The second kappa shape index (κ2) is 5.84. The molecule has 27 heavy (non-hydrogen) atoms. The summed E-state index contributed by atoms with van der Waals surface area (Å²) in [5.41, 5.74) is -1.84. The van der Waals surface area contributed by atoms with E-state index < -0.39 is 35.0 Å². The highest BCUT2D eigenvalue weighted by Gasteiger charge is 2.68. The monoisotopic (exact) mass is 376 g/mol. The van der Waals surface area contributed by atoms with Crippen molar-refractivity contribution in [2.24, 2.45) is 34.5 Å². The molecule has 4 aliphatic carbocycles. The molecule has 3 saturated carbocycles. The molecule has 8 unspecified atom stereocenters. The molecule has 8 atom stereocenters. The molecule has 0 aromatic rings. The average molecular weight is 376 g/mol. The van der Waals surface area contributed by atoms with Gasteiger partial charge >= 0.3 is 0 Å². The SMILES string of the molecule is CC1CC2C(C(O)CC3(C)C2CCC3(O)C(=O)CF)C2(C)C=CC(=O)C=C12. The Balaban J connectivity index is 1.78. The lowest BCUT2D eigenvalue weighted by Crippen LogP contribution is -2.62. The molecule has 148 valence electrons. The van der Waals surface area contributed by atoms with Crippen molar-refractivity contribution in [3.05, 3.63) is 23.8 Å². The first-order valence-electron chi connectivity index (χ1n) is 10.0. The first-order chi connectivity index (χ1) is 12.6. The average Bonchev–Trinajstić information content (AvgIpc) is 2.87. The lowest BCUT2D eigenvalue weighted by molar-refractivity contribution is -0.179. The lowest BCUT2D eigenvalue weighted by atomic mass is 9.45. The smallest absolute Gasteiger partial charge is 0.195 e. The maximum Gasteiger partial charge on any atom is 0.195 e. The second-order valence-corrected chi connectivity index (χ2v) is 9.70. The third-order valence-electron chi connectivity index (χ3n) is 8.55. The van der Waals surface area contributed by atoms with Gasteiger partial charge in [-0.3, -0.25) is 9.59 Å². The summed E-state index contributed by atoms with van der Waals surface area (Å²) in [6.45, 7) is 4.89. The van der Waals surface area contributed by atoms with E-state index in [9.17, 15) is 24.2 Å². The topological polar surface area (TPSA) is 74.6 Å². The van der Waals surface area contributed by atoms with E-state index >= 15 is 0 Å². The third-order valence-corrected chi connectivity index (χ3v) is 8.55. The molecule has 0 heterocycles. The third kappa shape index (κ3) is 2.27. The van der Waals surface area contributed by atoms with E-state index in [0.717, 1.165) is 12.0 Å². The Morgan fingerprint density at radius 3 is 2.74 bits per heavy atom. The number of fused-ring (bicyclic) bond motifs is 5. The molecule has 0 aromatic heterocycles. The Hall–Kier alpha value is -1.33. The minimum Gasteiger partial charge on any atom is -0.393 e. The van der Waals surface area contributed by atoms with E-state index in [-0.39, 0.29) is 42.3 Å². The van der Waals surface area contributed by atoms with E-state index in [0.29, 0.717) is 6.42 Å². The standard InChI is InChI=1S/C22H29FO4/c1-12-8-14-15-5-7-22(27,18(26)11-23)21(15,3)10-17(25)19(14)20(2)6-4-13(24)9-16(12)20/h4,6,9,12,14-15,17,19,25,27H,5,7-8,10-11H2,1-3H3. The molecular formula is C22H29FO4. The van der Waals surface area contributed by atoms with Gasteiger partial charge in [-0.25, -0.2) is 4.39 Å². The van der Waals surface area contributed by atoms with Gasteiger partial charge in [0, 0.05) is 16.7 Å². The fourth-order valence-corrected chi connectivity index (χ4v) is 7.32. The number of Topliss-reactive ketones (excluding diaryl/α,β-unsaturated/α-hetero) is 1. The van der Waals surface area contributed by atoms with Crippen molar-refractivity contribution >= 4 is 11.6 Å². The predicted octanol–water partition coefficient (Wildman–Crippen LogP) is 2.78. The Morgan fingerprint density at radius 1 is 1.37 bits per heavy atom. The van der Waals surface area contributed by atoms with Gasteiger partial charge in [-0.2, -0.15) is 0 Å². The van der Waals surface area contributed by atoms with Crippen LogP contribution in [0.4, 0.5) is 4.39 Å². The molecule has 4 aliphatic rings. The second-order valence-electron chi connectivity index (χ2n) is 9.70. The molecule has 2 N–H and O–H groups in total. The molecule has 0 aromatic carbocycles. The van der Waals surface area contributed by atoms with Crippen LogP contribution in [0.2, 0.25) is 0 Å². The van der Waals surface area contributed by atoms with Gasteiger partial charge in [0.15, 0.2) is 18.2 Å². The van der Waals surface area contributed by atoms with Crippen molar-refractivity contribution in [2.75, 3.05) is 6.67 Å². The largest absolute Gasteiger partial charge is 0.393 e. The maximum atomic E-state index is 13.2. The number of aliphatic hydroxyl groups excluding tert-OH is 1. The zero-order valence-corrected chi connectivity index (χ0v) is 16.2. The van der Waals surface area contributed by atoms with Crippen LogP contribution in [-0.2, 0) is 9.59 Å². The first-order valence-corrected chi connectivity index (χ1v) is 10.0. The van der Waals surface area contributed by atoms with Crippen LogP contribution in [0.3, 0.4) is 0 Å². The summed E-state index contributed by atoms with van der Waals surface area (Å²) in [6.07, 6.45) is 6.55. The summed E-state index contributed by atoms with van der Waals surface area (Å²) < 4.78 is 13.2. The minimum absolute atomic E-state index is 0.00769. The van der Waals surface area contributed by atoms with E-state index in [1.54, 1.807) is 12.2 Å². The molecule has 0 spiro atoms. The van der Waals surface area contributed by atoms with Gasteiger partial charge in [0.05, 0.1) is 6.10 Å². The number of allylic oxidation sites excluding steroid dienone is 4. The summed E-state index contributed by atoms with van der Waals surface area (Å²) in [4.78, 5) is 24.2. The molecule has 4 rings (SSSR count). The van der Waals surface area contributed by atoms with Crippen molar-refractivity contribution in [1.82, 2.24) is 0 Å². The normalized spacial score (nSPS) is 51.3. The quantitative estimate of drug-likeness (QED) is 0.777. The highest BCUT2D eigenvalue weighted by molar-refractivity contribution is 6.01. The van der Waals surface area contributed by atoms with Crippen LogP contribution in [0.25, 0.3) is 0 Å². The maximum absolute atomic E-state index is 13.2. The van der Waals surface area contributed by atoms with Gasteiger partial charge in [0.2, 0.25) is 0 Å². The molecule has 0 bridgehead atoms. The van der Waals surface area contributed by atoms with E-state index in [1.807, 2.05) is 13.0 Å². The van der Waals surface area contributed by atoms with Crippen LogP contribution >= 0.6 is 0 Å². The van der Waals surface area contributed by atoms with Crippen molar-refractivity contribution in [3.63, 3.8) is 0 Å². The van der Waals surface area contributed by atoms with Gasteiger partial charge in [0.25, 0.3) is 0 Å².